The number of rotatable bonds is 3. The van der Waals surface area contributed by atoms with Gasteiger partial charge < -0.3 is 5.73 Å². The van der Waals surface area contributed by atoms with Gasteiger partial charge in [-0.25, -0.2) is 15.0 Å². The van der Waals surface area contributed by atoms with Crippen molar-refractivity contribution in [1.82, 2.24) is 19.5 Å². The third kappa shape index (κ3) is 4.70. The van der Waals surface area contributed by atoms with Gasteiger partial charge in [0.05, 0.1) is 5.69 Å². The van der Waals surface area contributed by atoms with Gasteiger partial charge in [0.15, 0.2) is 5.15 Å². The molecule has 0 aliphatic rings. The van der Waals surface area contributed by atoms with Crippen molar-refractivity contribution in [3.63, 3.8) is 0 Å². The van der Waals surface area contributed by atoms with Crippen molar-refractivity contribution in [2.75, 3.05) is 5.73 Å². The molecule has 0 saturated heterocycles. The van der Waals surface area contributed by atoms with Crippen LogP contribution in [-0.4, -0.2) is 19.5 Å². The summed E-state index contributed by atoms with van der Waals surface area (Å²) in [6, 6.07) is 1.73. The fraction of sp³-hybridized carbons (Fsp3) is 0.312. The van der Waals surface area contributed by atoms with Gasteiger partial charge in [-0.1, -0.05) is 52.0 Å². The zero-order valence-corrected chi connectivity index (χ0v) is 14.6. The largest absolute Gasteiger partial charge is 0.368 e. The molecular weight excluding hydrogens is 298 g/mol. The summed E-state index contributed by atoms with van der Waals surface area (Å²) in [6.07, 6.45) is 6.91. The Kier molecular flexibility index (Phi) is 9.54. The Morgan fingerprint density at radius 3 is 2.36 bits per heavy atom. The van der Waals surface area contributed by atoms with Gasteiger partial charge in [-0.15, -0.1) is 0 Å². The lowest BCUT2D eigenvalue weighted by atomic mass is 10.3. The van der Waals surface area contributed by atoms with E-state index in [0.29, 0.717) is 22.4 Å². The Balaban J connectivity index is 0.00000102. The van der Waals surface area contributed by atoms with E-state index in [-0.39, 0.29) is 5.95 Å². The molecule has 2 aromatic heterocycles. The van der Waals surface area contributed by atoms with Crippen LogP contribution in [0.1, 0.15) is 40.4 Å². The molecule has 0 aliphatic heterocycles. The average molecular weight is 322 g/mol. The molecule has 0 aromatic carbocycles. The van der Waals surface area contributed by atoms with E-state index in [0.717, 1.165) is 0 Å². The van der Waals surface area contributed by atoms with E-state index in [2.05, 4.69) is 21.5 Å². The molecule has 0 bridgehead atoms. The smallest absolute Gasteiger partial charge is 0.220 e. The number of halogens is 1. The molecule has 0 radical (unpaired) electrons. The fourth-order valence-electron chi connectivity index (χ4n) is 1.60. The predicted molar refractivity (Wildman–Crippen MR) is 96.5 cm³/mol. The van der Waals surface area contributed by atoms with E-state index in [4.69, 9.17) is 17.3 Å². The van der Waals surface area contributed by atoms with Gasteiger partial charge in [0, 0.05) is 12.4 Å². The summed E-state index contributed by atoms with van der Waals surface area (Å²) in [6.45, 7) is 13.6. The topological polar surface area (TPSA) is 69.6 Å². The molecule has 0 spiro atoms. The molecule has 22 heavy (non-hydrogen) atoms. The first-order valence-corrected chi connectivity index (χ1v) is 7.67. The Morgan fingerprint density at radius 1 is 1.23 bits per heavy atom. The molecular formula is C16H24ClN5. The number of allylic oxidation sites excluding steroid dienone is 1. The molecule has 0 amide bonds. The normalized spacial score (nSPS) is 9.55. The fourth-order valence-corrected chi connectivity index (χ4v) is 1.87. The summed E-state index contributed by atoms with van der Waals surface area (Å²) in [4.78, 5) is 12.2. The Bertz CT molecular complexity index is 617. The van der Waals surface area contributed by atoms with E-state index in [1.807, 2.05) is 46.9 Å². The SMILES string of the molecule is C=Cc1nc(Cl)c(-c2ccnc(N)n2)n1/C=C\C.CC.CC. The standard InChI is InChI=1S/C12H12ClN5.2C2H6/c1-3-7-18-9(4-2)17-11(13)10(18)8-5-6-15-12(14)16-8;2*1-2/h3-7H,2H2,1H3,(H2,14,15,16);2*1-2H3/b7-3-;;. The van der Waals surface area contributed by atoms with Crippen molar-refractivity contribution >= 4 is 29.8 Å². The first-order valence-electron chi connectivity index (χ1n) is 7.29. The quantitative estimate of drug-likeness (QED) is 0.884. The number of hydrogen-bond donors (Lipinski definition) is 1. The van der Waals surface area contributed by atoms with Gasteiger partial charge in [-0.05, 0) is 19.1 Å². The highest BCUT2D eigenvalue weighted by molar-refractivity contribution is 6.32. The highest BCUT2D eigenvalue weighted by Crippen LogP contribution is 2.28. The van der Waals surface area contributed by atoms with Crippen molar-refractivity contribution in [3.8, 4) is 11.4 Å². The molecule has 2 N–H and O–H groups in total. The molecule has 0 saturated carbocycles. The Hall–Kier alpha value is -2.14. The zero-order valence-electron chi connectivity index (χ0n) is 13.8. The maximum Gasteiger partial charge on any atom is 0.220 e. The molecule has 0 atom stereocenters. The van der Waals surface area contributed by atoms with Gasteiger partial charge in [0.25, 0.3) is 0 Å². The van der Waals surface area contributed by atoms with Gasteiger partial charge in [-0.3, -0.25) is 4.57 Å². The third-order valence-corrected chi connectivity index (χ3v) is 2.56. The monoisotopic (exact) mass is 321 g/mol. The summed E-state index contributed by atoms with van der Waals surface area (Å²) in [5.74, 6) is 0.835. The number of imidazole rings is 1. The van der Waals surface area contributed by atoms with Crippen molar-refractivity contribution < 1.29 is 0 Å². The van der Waals surface area contributed by atoms with Crippen molar-refractivity contribution in [1.29, 1.82) is 0 Å². The number of nitrogens with zero attached hydrogens (tertiary/aromatic N) is 4. The summed E-state index contributed by atoms with van der Waals surface area (Å²) in [7, 11) is 0. The van der Waals surface area contributed by atoms with Crippen molar-refractivity contribution in [2.24, 2.45) is 0 Å². The molecule has 0 fully saturated rings. The van der Waals surface area contributed by atoms with E-state index < -0.39 is 0 Å². The van der Waals surface area contributed by atoms with Crippen molar-refractivity contribution in [2.45, 2.75) is 34.6 Å². The molecule has 6 heteroatoms. The van der Waals surface area contributed by atoms with Crippen molar-refractivity contribution in [3.05, 3.63) is 35.9 Å². The van der Waals surface area contributed by atoms with E-state index >= 15 is 0 Å². The molecule has 0 aliphatic carbocycles. The van der Waals surface area contributed by atoms with Crippen LogP contribution in [0.15, 0.2) is 24.9 Å². The molecule has 120 valence electrons. The van der Waals surface area contributed by atoms with Gasteiger partial charge in [-0.2, -0.15) is 0 Å². The minimum Gasteiger partial charge on any atom is -0.368 e. The second-order valence-electron chi connectivity index (χ2n) is 3.47. The second-order valence-corrected chi connectivity index (χ2v) is 3.82. The number of hydrogen-bond acceptors (Lipinski definition) is 4. The summed E-state index contributed by atoms with van der Waals surface area (Å²) in [5, 5.41) is 0.348. The molecule has 2 rings (SSSR count). The van der Waals surface area contributed by atoms with Crippen LogP contribution in [0.25, 0.3) is 23.7 Å². The lowest BCUT2D eigenvalue weighted by Crippen LogP contribution is -1.99. The summed E-state index contributed by atoms with van der Waals surface area (Å²) >= 11 is 6.14. The Labute approximate surface area is 137 Å². The van der Waals surface area contributed by atoms with Crippen LogP contribution in [0, 0.1) is 0 Å². The Morgan fingerprint density at radius 2 is 1.86 bits per heavy atom. The zero-order chi connectivity index (χ0) is 17.1. The minimum atomic E-state index is 0.192. The lowest BCUT2D eigenvalue weighted by molar-refractivity contribution is 1.09. The predicted octanol–water partition coefficient (Wildman–Crippen LogP) is 4.76. The van der Waals surface area contributed by atoms with E-state index in [1.54, 1.807) is 22.9 Å². The number of nitrogen functional groups attached to an aromatic ring is 1. The number of nitrogens with two attached hydrogens (primary N) is 1. The van der Waals surface area contributed by atoms with E-state index in [9.17, 15) is 0 Å². The van der Waals surface area contributed by atoms with Crippen LogP contribution >= 0.6 is 11.6 Å². The molecule has 0 unspecified atom stereocenters. The molecule has 2 heterocycles. The summed E-state index contributed by atoms with van der Waals surface area (Å²) in [5.41, 5.74) is 6.86. The number of aromatic nitrogens is 4. The highest BCUT2D eigenvalue weighted by atomic mass is 35.5. The lowest BCUT2D eigenvalue weighted by Gasteiger charge is -2.05. The average Bonchev–Trinajstić information content (AvgIpc) is 2.87. The molecule has 2 aromatic rings. The second kappa shape index (κ2) is 10.6. The van der Waals surface area contributed by atoms with Crippen LogP contribution in [0.4, 0.5) is 5.95 Å². The first kappa shape index (κ1) is 19.9. The van der Waals surface area contributed by atoms with Crippen LogP contribution in [0.2, 0.25) is 5.15 Å². The number of anilines is 1. The van der Waals surface area contributed by atoms with Crippen LogP contribution in [0.3, 0.4) is 0 Å². The summed E-state index contributed by atoms with van der Waals surface area (Å²) < 4.78 is 1.80. The van der Waals surface area contributed by atoms with Crippen LogP contribution in [0.5, 0.6) is 0 Å². The van der Waals surface area contributed by atoms with Gasteiger partial charge >= 0.3 is 0 Å². The molecule has 5 nitrogen and oxygen atoms in total. The van der Waals surface area contributed by atoms with Gasteiger partial charge in [0.2, 0.25) is 5.95 Å². The maximum atomic E-state index is 6.14. The third-order valence-electron chi connectivity index (χ3n) is 2.29. The highest BCUT2D eigenvalue weighted by Gasteiger charge is 2.15. The minimum absolute atomic E-state index is 0.192. The first-order chi connectivity index (χ1) is 10.7. The van der Waals surface area contributed by atoms with Crippen LogP contribution in [-0.2, 0) is 0 Å². The van der Waals surface area contributed by atoms with E-state index in [1.165, 1.54) is 0 Å². The van der Waals surface area contributed by atoms with Crippen LogP contribution < -0.4 is 5.73 Å². The van der Waals surface area contributed by atoms with Gasteiger partial charge in [0.1, 0.15) is 11.5 Å². The maximum absolute atomic E-state index is 6.14.